The lowest BCUT2D eigenvalue weighted by Gasteiger charge is -2.16. The van der Waals surface area contributed by atoms with Gasteiger partial charge in [-0.2, -0.15) is 0 Å². The highest BCUT2D eigenvalue weighted by Crippen LogP contribution is 2.24. The molecule has 8 heteroatoms. The number of aromatic nitrogens is 2. The molecule has 3 N–H and O–H groups in total. The Labute approximate surface area is 160 Å². The number of amides is 2. The van der Waals surface area contributed by atoms with Crippen molar-refractivity contribution in [2.75, 3.05) is 0 Å². The van der Waals surface area contributed by atoms with Crippen LogP contribution in [0.5, 0.6) is 0 Å². The van der Waals surface area contributed by atoms with E-state index in [1.165, 1.54) is 0 Å². The lowest BCUT2D eigenvalue weighted by molar-refractivity contribution is -0.137. The number of carbonyl (C=O) groups excluding carboxylic acids is 3. The van der Waals surface area contributed by atoms with Crippen LogP contribution in [0.4, 0.5) is 0 Å². The number of nitrogens with zero attached hydrogens (tertiary/aromatic N) is 2. The molecule has 0 saturated heterocycles. The number of Topliss-reactive ketones (excluding diaryl/α,β-unsaturated/α-hetero) is 1. The SMILES string of the molecule is Cc1onc(-c2cccnc2)c1C(=O)NC(Cc1ccccc1)C(=O)C(N)=O. The number of rotatable bonds is 7. The van der Waals surface area contributed by atoms with Crippen LogP contribution in [0.25, 0.3) is 11.3 Å². The van der Waals surface area contributed by atoms with Gasteiger partial charge in [0.05, 0.1) is 0 Å². The van der Waals surface area contributed by atoms with Gasteiger partial charge in [-0.25, -0.2) is 0 Å². The standard InChI is InChI=1S/C20H18N4O4/c1-12-16(17(24-28-12)14-8-5-9-22-11-14)20(27)23-15(18(25)19(21)26)10-13-6-3-2-4-7-13/h2-9,11,15H,10H2,1H3,(H2,21,26)(H,23,27). The summed E-state index contributed by atoms with van der Waals surface area (Å²) in [6.07, 6.45) is 3.27. The van der Waals surface area contributed by atoms with Crippen LogP contribution in [-0.2, 0) is 16.0 Å². The van der Waals surface area contributed by atoms with Gasteiger partial charge in [0.15, 0.2) is 0 Å². The van der Waals surface area contributed by atoms with Gasteiger partial charge in [-0.15, -0.1) is 0 Å². The number of carbonyl (C=O) groups is 3. The predicted molar refractivity (Wildman–Crippen MR) is 100 cm³/mol. The molecule has 0 saturated carbocycles. The van der Waals surface area contributed by atoms with Gasteiger partial charge < -0.3 is 15.6 Å². The largest absolute Gasteiger partial charge is 0.363 e. The molecule has 142 valence electrons. The molecule has 0 aliphatic heterocycles. The van der Waals surface area contributed by atoms with Crippen molar-refractivity contribution in [3.8, 4) is 11.3 Å². The quantitative estimate of drug-likeness (QED) is 0.599. The molecular formula is C20H18N4O4. The van der Waals surface area contributed by atoms with Crippen molar-refractivity contribution in [1.29, 1.82) is 0 Å². The molecule has 0 radical (unpaired) electrons. The zero-order valence-electron chi connectivity index (χ0n) is 15.1. The van der Waals surface area contributed by atoms with Crippen LogP contribution in [0.2, 0.25) is 0 Å². The summed E-state index contributed by atoms with van der Waals surface area (Å²) < 4.78 is 5.16. The van der Waals surface area contributed by atoms with E-state index in [9.17, 15) is 14.4 Å². The molecule has 0 bridgehead atoms. The number of aryl methyl sites for hydroxylation is 1. The van der Waals surface area contributed by atoms with Gasteiger partial charge >= 0.3 is 0 Å². The van der Waals surface area contributed by atoms with E-state index < -0.39 is 23.6 Å². The van der Waals surface area contributed by atoms with E-state index in [4.69, 9.17) is 10.3 Å². The zero-order chi connectivity index (χ0) is 20.1. The average Bonchev–Trinajstić information content (AvgIpc) is 3.10. The van der Waals surface area contributed by atoms with Crippen LogP contribution in [0, 0.1) is 6.92 Å². The Morgan fingerprint density at radius 2 is 1.89 bits per heavy atom. The van der Waals surface area contributed by atoms with Crippen LogP contribution in [0.1, 0.15) is 21.7 Å². The molecule has 0 fully saturated rings. The molecule has 2 heterocycles. The third-order valence-electron chi connectivity index (χ3n) is 4.17. The highest BCUT2D eigenvalue weighted by Gasteiger charge is 2.29. The molecule has 2 aromatic heterocycles. The molecule has 1 aromatic carbocycles. The van der Waals surface area contributed by atoms with Crippen molar-refractivity contribution in [3.05, 3.63) is 71.7 Å². The summed E-state index contributed by atoms with van der Waals surface area (Å²) in [7, 11) is 0. The minimum atomic E-state index is -1.12. The molecule has 3 aromatic rings. The van der Waals surface area contributed by atoms with Gasteiger partial charge in [0.1, 0.15) is 23.1 Å². The van der Waals surface area contributed by atoms with Gasteiger partial charge in [-0.05, 0) is 24.6 Å². The fourth-order valence-corrected chi connectivity index (χ4v) is 2.80. The Morgan fingerprint density at radius 1 is 1.14 bits per heavy atom. The average molecular weight is 378 g/mol. The highest BCUT2D eigenvalue weighted by molar-refractivity contribution is 6.38. The Morgan fingerprint density at radius 3 is 2.54 bits per heavy atom. The van der Waals surface area contributed by atoms with Crippen molar-refractivity contribution in [2.45, 2.75) is 19.4 Å². The van der Waals surface area contributed by atoms with Crippen LogP contribution < -0.4 is 11.1 Å². The number of ketones is 1. The lowest BCUT2D eigenvalue weighted by atomic mass is 10.0. The molecule has 3 rings (SSSR count). The predicted octanol–water partition coefficient (Wildman–Crippen LogP) is 1.44. The van der Waals surface area contributed by atoms with Crippen LogP contribution in [0.3, 0.4) is 0 Å². The number of pyridine rings is 1. The molecule has 8 nitrogen and oxygen atoms in total. The topological polar surface area (TPSA) is 128 Å². The smallest absolute Gasteiger partial charge is 0.287 e. The minimum Gasteiger partial charge on any atom is -0.363 e. The maximum Gasteiger partial charge on any atom is 0.287 e. The summed E-state index contributed by atoms with van der Waals surface area (Å²) in [5.41, 5.74) is 6.99. The van der Waals surface area contributed by atoms with E-state index in [2.05, 4.69) is 15.5 Å². The fraction of sp³-hybridized carbons (Fsp3) is 0.150. The van der Waals surface area contributed by atoms with Gasteiger partial charge in [-0.3, -0.25) is 19.4 Å². The first-order chi connectivity index (χ1) is 13.5. The van der Waals surface area contributed by atoms with E-state index in [0.717, 1.165) is 5.56 Å². The Hall–Kier alpha value is -3.81. The van der Waals surface area contributed by atoms with Crippen LogP contribution in [-0.4, -0.2) is 33.8 Å². The maximum atomic E-state index is 12.9. The van der Waals surface area contributed by atoms with Gasteiger partial charge in [0, 0.05) is 24.4 Å². The van der Waals surface area contributed by atoms with Crippen molar-refractivity contribution in [3.63, 3.8) is 0 Å². The Kier molecular flexibility index (Phi) is 5.59. The summed E-state index contributed by atoms with van der Waals surface area (Å²) in [6.45, 7) is 1.59. The normalized spacial score (nSPS) is 11.6. The lowest BCUT2D eigenvalue weighted by Crippen LogP contribution is -2.47. The molecule has 1 atom stereocenters. The summed E-state index contributed by atoms with van der Waals surface area (Å²) in [5.74, 6) is -2.31. The van der Waals surface area contributed by atoms with E-state index in [1.54, 1.807) is 55.7 Å². The van der Waals surface area contributed by atoms with Crippen molar-refractivity contribution >= 4 is 17.6 Å². The number of nitrogens with two attached hydrogens (primary N) is 1. The Bertz CT molecular complexity index is 1000. The van der Waals surface area contributed by atoms with Gasteiger partial charge in [0.2, 0.25) is 5.78 Å². The molecule has 28 heavy (non-hydrogen) atoms. The molecule has 1 unspecified atom stereocenters. The van der Waals surface area contributed by atoms with E-state index >= 15 is 0 Å². The Balaban J connectivity index is 1.89. The number of hydrogen-bond donors (Lipinski definition) is 2. The third kappa shape index (κ3) is 4.12. The van der Waals surface area contributed by atoms with Crippen LogP contribution >= 0.6 is 0 Å². The summed E-state index contributed by atoms with van der Waals surface area (Å²) >= 11 is 0. The first-order valence-electron chi connectivity index (χ1n) is 8.52. The number of nitrogens with one attached hydrogen (secondary N) is 1. The molecule has 0 spiro atoms. The number of primary amides is 1. The minimum absolute atomic E-state index is 0.126. The van der Waals surface area contributed by atoms with Crippen molar-refractivity contribution in [1.82, 2.24) is 15.5 Å². The number of hydrogen-bond acceptors (Lipinski definition) is 6. The van der Waals surface area contributed by atoms with Gasteiger partial charge in [0.25, 0.3) is 11.8 Å². The van der Waals surface area contributed by atoms with Gasteiger partial charge in [-0.1, -0.05) is 35.5 Å². The summed E-state index contributed by atoms with van der Waals surface area (Å²) in [5, 5.41) is 6.52. The summed E-state index contributed by atoms with van der Waals surface area (Å²) in [4.78, 5) is 40.6. The first-order valence-corrected chi connectivity index (χ1v) is 8.52. The first kappa shape index (κ1) is 19.0. The highest BCUT2D eigenvalue weighted by atomic mass is 16.5. The monoisotopic (exact) mass is 378 g/mol. The van der Waals surface area contributed by atoms with E-state index in [1.807, 2.05) is 6.07 Å². The second-order valence-electron chi connectivity index (χ2n) is 6.15. The third-order valence-corrected chi connectivity index (χ3v) is 4.17. The van der Waals surface area contributed by atoms with E-state index in [0.29, 0.717) is 11.3 Å². The molecule has 0 aliphatic rings. The van der Waals surface area contributed by atoms with E-state index in [-0.39, 0.29) is 17.7 Å². The fourth-order valence-electron chi connectivity index (χ4n) is 2.80. The van der Waals surface area contributed by atoms with Crippen LogP contribution in [0.15, 0.2) is 59.4 Å². The molecule has 2 amide bonds. The van der Waals surface area contributed by atoms with Crippen molar-refractivity contribution < 1.29 is 18.9 Å². The summed E-state index contributed by atoms with van der Waals surface area (Å²) in [6, 6.07) is 11.3. The molecule has 0 aliphatic carbocycles. The second kappa shape index (κ2) is 8.26. The maximum absolute atomic E-state index is 12.9. The number of benzene rings is 1. The zero-order valence-corrected chi connectivity index (χ0v) is 15.1. The molecular weight excluding hydrogens is 360 g/mol. The second-order valence-corrected chi connectivity index (χ2v) is 6.15. The van der Waals surface area contributed by atoms with Crippen molar-refractivity contribution in [2.24, 2.45) is 5.73 Å².